The van der Waals surface area contributed by atoms with Crippen LogP contribution in [0.4, 0.5) is 4.79 Å². The quantitative estimate of drug-likeness (QED) is 0.350. The highest BCUT2D eigenvalue weighted by Crippen LogP contribution is 2.17. The van der Waals surface area contributed by atoms with Gasteiger partial charge in [0.15, 0.2) is 0 Å². The maximum Gasteiger partial charge on any atom is 0.320 e. The normalized spacial score (nSPS) is 17.6. The van der Waals surface area contributed by atoms with Gasteiger partial charge in [0.05, 0.1) is 0 Å². The minimum absolute atomic E-state index is 0.0799. The van der Waals surface area contributed by atoms with E-state index in [0.717, 1.165) is 25.9 Å². The second kappa shape index (κ2) is 7.97. The Morgan fingerprint density at radius 1 is 1.45 bits per heavy atom. The number of piperidine rings is 1. The molecule has 1 aliphatic rings. The number of carbonyl (C=O) groups is 1. The largest absolute Gasteiger partial charge is 0.409 e. The van der Waals surface area contributed by atoms with Crippen LogP contribution in [0.1, 0.15) is 40.0 Å². The standard InChI is InChI=1S/C14H28N4O2/c1-11(2)10-18(9-6-13(15)16-20)14(19)17-7-4-12(3)5-8-17/h11-12,20H,4-10H2,1-3H3,(H2,15,16). The fraction of sp³-hybridized carbons (Fsp3) is 0.857. The first kappa shape index (κ1) is 16.6. The van der Waals surface area contributed by atoms with Crippen molar-refractivity contribution in [1.82, 2.24) is 9.80 Å². The zero-order valence-corrected chi connectivity index (χ0v) is 12.9. The van der Waals surface area contributed by atoms with Gasteiger partial charge in [-0.2, -0.15) is 0 Å². The molecule has 1 fully saturated rings. The van der Waals surface area contributed by atoms with Crippen molar-refractivity contribution >= 4 is 11.9 Å². The predicted molar refractivity (Wildman–Crippen MR) is 79.8 cm³/mol. The van der Waals surface area contributed by atoms with E-state index in [1.54, 1.807) is 0 Å². The Hall–Kier alpha value is -1.46. The maximum absolute atomic E-state index is 12.5. The monoisotopic (exact) mass is 284 g/mol. The fourth-order valence-electron chi connectivity index (χ4n) is 2.41. The zero-order chi connectivity index (χ0) is 15.1. The molecule has 6 nitrogen and oxygen atoms in total. The SMILES string of the molecule is CC(C)CN(CCC(N)=NO)C(=O)N1CCC(C)CC1. The third-order valence-electron chi connectivity index (χ3n) is 3.68. The van der Waals surface area contributed by atoms with Crippen molar-refractivity contribution in [3.63, 3.8) is 0 Å². The van der Waals surface area contributed by atoms with E-state index < -0.39 is 0 Å². The van der Waals surface area contributed by atoms with E-state index in [9.17, 15) is 4.79 Å². The second-order valence-corrected chi connectivity index (χ2v) is 6.13. The summed E-state index contributed by atoms with van der Waals surface area (Å²) >= 11 is 0. The topological polar surface area (TPSA) is 82.2 Å². The number of hydrogen-bond donors (Lipinski definition) is 2. The van der Waals surface area contributed by atoms with Crippen molar-refractivity contribution in [1.29, 1.82) is 0 Å². The van der Waals surface area contributed by atoms with Crippen LogP contribution in [0.5, 0.6) is 0 Å². The molecular formula is C14H28N4O2. The summed E-state index contributed by atoms with van der Waals surface area (Å²) in [6.45, 7) is 9.26. The number of oxime groups is 1. The van der Waals surface area contributed by atoms with Crippen LogP contribution in [-0.4, -0.2) is 53.1 Å². The van der Waals surface area contributed by atoms with Gasteiger partial charge in [0.25, 0.3) is 0 Å². The van der Waals surface area contributed by atoms with Gasteiger partial charge in [-0.05, 0) is 24.7 Å². The molecule has 116 valence electrons. The fourth-order valence-corrected chi connectivity index (χ4v) is 2.41. The van der Waals surface area contributed by atoms with Gasteiger partial charge in [-0.3, -0.25) is 0 Å². The van der Waals surface area contributed by atoms with Crippen LogP contribution in [0.15, 0.2) is 5.16 Å². The molecule has 3 N–H and O–H groups in total. The Labute approximate surface area is 121 Å². The number of nitrogens with two attached hydrogens (primary N) is 1. The number of hydrogen-bond acceptors (Lipinski definition) is 3. The zero-order valence-electron chi connectivity index (χ0n) is 12.9. The first-order valence-electron chi connectivity index (χ1n) is 7.44. The third kappa shape index (κ3) is 5.27. The Balaban J connectivity index is 2.59. The van der Waals surface area contributed by atoms with Crippen LogP contribution >= 0.6 is 0 Å². The molecular weight excluding hydrogens is 256 g/mol. The van der Waals surface area contributed by atoms with Gasteiger partial charge >= 0.3 is 6.03 Å². The number of carbonyl (C=O) groups excluding carboxylic acids is 1. The molecule has 0 aliphatic carbocycles. The van der Waals surface area contributed by atoms with Crippen molar-refractivity contribution < 1.29 is 10.0 Å². The molecule has 2 amide bonds. The molecule has 1 aliphatic heterocycles. The molecule has 0 aromatic rings. The average molecular weight is 284 g/mol. The van der Waals surface area contributed by atoms with Crippen molar-refractivity contribution in [3.05, 3.63) is 0 Å². The van der Waals surface area contributed by atoms with E-state index in [-0.39, 0.29) is 11.9 Å². The first-order chi connectivity index (χ1) is 9.43. The molecule has 0 bridgehead atoms. The van der Waals surface area contributed by atoms with Gasteiger partial charge in [-0.1, -0.05) is 25.9 Å². The Bertz CT molecular complexity index is 336. The molecule has 0 atom stereocenters. The predicted octanol–water partition coefficient (Wildman–Crippen LogP) is 1.93. The second-order valence-electron chi connectivity index (χ2n) is 6.13. The van der Waals surface area contributed by atoms with E-state index >= 15 is 0 Å². The average Bonchev–Trinajstić information content (AvgIpc) is 2.42. The number of rotatable bonds is 5. The van der Waals surface area contributed by atoms with Gasteiger partial charge < -0.3 is 20.7 Å². The Kier molecular flexibility index (Phi) is 6.61. The third-order valence-corrected chi connectivity index (χ3v) is 3.68. The van der Waals surface area contributed by atoms with Crippen LogP contribution in [0.25, 0.3) is 0 Å². The number of nitrogens with zero attached hydrogens (tertiary/aromatic N) is 3. The summed E-state index contributed by atoms with van der Waals surface area (Å²) in [6, 6.07) is 0.0799. The summed E-state index contributed by atoms with van der Waals surface area (Å²) in [5, 5.41) is 11.6. The van der Waals surface area contributed by atoms with E-state index in [2.05, 4.69) is 25.9 Å². The van der Waals surface area contributed by atoms with Gasteiger partial charge in [0, 0.05) is 32.6 Å². The van der Waals surface area contributed by atoms with Crippen molar-refractivity contribution in [2.45, 2.75) is 40.0 Å². The molecule has 0 saturated carbocycles. The molecule has 0 radical (unpaired) electrons. The summed E-state index contributed by atoms with van der Waals surface area (Å²) in [6.07, 6.45) is 2.54. The highest BCUT2D eigenvalue weighted by Gasteiger charge is 2.25. The van der Waals surface area contributed by atoms with Gasteiger partial charge in [0.1, 0.15) is 5.84 Å². The molecule has 20 heavy (non-hydrogen) atoms. The summed E-state index contributed by atoms with van der Waals surface area (Å²) in [7, 11) is 0. The highest BCUT2D eigenvalue weighted by atomic mass is 16.4. The van der Waals surface area contributed by atoms with E-state index in [0.29, 0.717) is 31.3 Å². The van der Waals surface area contributed by atoms with E-state index in [1.165, 1.54) is 0 Å². The van der Waals surface area contributed by atoms with E-state index in [1.807, 2.05) is 9.80 Å². The molecule has 1 rings (SSSR count). The molecule has 0 aromatic heterocycles. The summed E-state index contributed by atoms with van der Waals surface area (Å²) in [5.74, 6) is 1.27. The van der Waals surface area contributed by atoms with Gasteiger partial charge in [0.2, 0.25) is 0 Å². The summed E-state index contributed by atoms with van der Waals surface area (Å²) in [4.78, 5) is 16.3. The number of urea groups is 1. The summed E-state index contributed by atoms with van der Waals surface area (Å²) in [5.41, 5.74) is 5.50. The van der Waals surface area contributed by atoms with Crippen molar-refractivity contribution in [2.75, 3.05) is 26.2 Å². The van der Waals surface area contributed by atoms with Crippen molar-refractivity contribution in [3.8, 4) is 0 Å². The molecule has 0 aromatic carbocycles. The van der Waals surface area contributed by atoms with Crippen LogP contribution in [-0.2, 0) is 0 Å². The molecule has 1 saturated heterocycles. The molecule has 0 unspecified atom stereocenters. The smallest absolute Gasteiger partial charge is 0.320 e. The minimum atomic E-state index is 0.0799. The number of likely N-dealkylation sites (tertiary alicyclic amines) is 1. The lowest BCUT2D eigenvalue weighted by Gasteiger charge is -2.35. The minimum Gasteiger partial charge on any atom is -0.409 e. The molecule has 1 heterocycles. The van der Waals surface area contributed by atoms with Crippen molar-refractivity contribution in [2.24, 2.45) is 22.7 Å². The van der Waals surface area contributed by atoms with Crippen LogP contribution < -0.4 is 5.73 Å². The highest BCUT2D eigenvalue weighted by molar-refractivity contribution is 5.81. The lowest BCUT2D eigenvalue weighted by Crippen LogP contribution is -2.48. The van der Waals surface area contributed by atoms with E-state index in [4.69, 9.17) is 10.9 Å². The summed E-state index contributed by atoms with van der Waals surface area (Å²) < 4.78 is 0. The lowest BCUT2D eigenvalue weighted by atomic mass is 9.99. The Morgan fingerprint density at radius 3 is 2.55 bits per heavy atom. The van der Waals surface area contributed by atoms with Crippen LogP contribution in [0.3, 0.4) is 0 Å². The van der Waals surface area contributed by atoms with Gasteiger partial charge in [-0.25, -0.2) is 4.79 Å². The first-order valence-corrected chi connectivity index (χ1v) is 7.44. The maximum atomic E-state index is 12.5. The Morgan fingerprint density at radius 2 is 2.05 bits per heavy atom. The van der Waals surface area contributed by atoms with Crippen LogP contribution in [0, 0.1) is 11.8 Å². The molecule has 0 spiro atoms. The lowest BCUT2D eigenvalue weighted by molar-refractivity contribution is 0.131. The van der Waals surface area contributed by atoms with Gasteiger partial charge in [-0.15, -0.1) is 0 Å². The number of amides is 2. The molecule has 6 heteroatoms. The van der Waals surface area contributed by atoms with Crippen LogP contribution in [0.2, 0.25) is 0 Å². The number of amidine groups is 1.